The number of hydrogen-bond donors (Lipinski definition) is 1. The van der Waals surface area contributed by atoms with E-state index in [4.69, 9.17) is 0 Å². The molecule has 1 aliphatic rings. The number of rotatable bonds is 3. The van der Waals surface area contributed by atoms with E-state index in [0.717, 1.165) is 5.56 Å². The Bertz CT molecular complexity index is 419. The molecule has 2 amide bonds. The van der Waals surface area contributed by atoms with E-state index >= 15 is 0 Å². The molecule has 0 bridgehead atoms. The summed E-state index contributed by atoms with van der Waals surface area (Å²) in [7, 11) is 1.59. The Morgan fingerprint density at radius 1 is 1.65 bits per heavy atom. The van der Waals surface area contributed by atoms with Crippen molar-refractivity contribution in [3.8, 4) is 0 Å². The van der Waals surface area contributed by atoms with Gasteiger partial charge >= 0.3 is 0 Å². The Balaban J connectivity index is 2.23. The highest BCUT2D eigenvalue weighted by Gasteiger charge is 2.38. The zero-order valence-corrected chi connectivity index (χ0v) is 11.3. The van der Waals surface area contributed by atoms with Crippen molar-refractivity contribution in [2.45, 2.75) is 18.3 Å². The molecule has 2 atom stereocenters. The molecule has 17 heavy (non-hydrogen) atoms. The van der Waals surface area contributed by atoms with Gasteiger partial charge in [0.1, 0.15) is 11.4 Å². The predicted octanol–water partition coefficient (Wildman–Crippen LogP) is 1.46. The predicted molar refractivity (Wildman–Crippen MR) is 69.9 cm³/mol. The van der Waals surface area contributed by atoms with E-state index in [1.165, 1.54) is 0 Å². The van der Waals surface area contributed by atoms with E-state index in [0.29, 0.717) is 5.75 Å². The number of nitrogens with one attached hydrogen (secondary N) is 1. The van der Waals surface area contributed by atoms with Crippen LogP contribution in [0.15, 0.2) is 16.8 Å². The van der Waals surface area contributed by atoms with Gasteiger partial charge in [0, 0.05) is 7.05 Å². The Kier molecular flexibility index (Phi) is 3.73. The molecule has 1 aromatic rings. The molecule has 0 saturated carbocycles. The molecule has 0 aromatic carbocycles. The van der Waals surface area contributed by atoms with Crippen LogP contribution in [-0.4, -0.2) is 35.6 Å². The zero-order chi connectivity index (χ0) is 12.4. The molecule has 2 heterocycles. The lowest BCUT2D eigenvalue weighted by Crippen LogP contribution is -2.45. The van der Waals surface area contributed by atoms with Gasteiger partial charge in [-0.15, -0.1) is 11.8 Å². The van der Waals surface area contributed by atoms with Gasteiger partial charge in [0.25, 0.3) is 0 Å². The largest absolute Gasteiger partial charge is 0.357 e. The molecule has 4 nitrogen and oxygen atoms in total. The van der Waals surface area contributed by atoms with Crippen molar-refractivity contribution in [1.82, 2.24) is 10.2 Å². The second-order valence-electron chi connectivity index (χ2n) is 3.81. The van der Waals surface area contributed by atoms with Crippen LogP contribution in [0, 0.1) is 0 Å². The van der Waals surface area contributed by atoms with Crippen LogP contribution in [-0.2, 0) is 9.59 Å². The minimum atomic E-state index is -0.424. The molecule has 6 heteroatoms. The van der Waals surface area contributed by atoms with Crippen LogP contribution in [0.25, 0.3) is 0 Å². The zero-order valence-electron chi connectivity index (χ0n) is 9.67. The summed E-state index contributed by atoms with van der Waals surface area (Å²) in [6.45, 7) is 1.77. The standard InChI is InChI=1S/C11H14N2O2S2/c1-7(10(15)12-2)13-9(14)6-17-11(13)8-3-4-16-5-8/h3-5,7,11H,6H2,1-2H3,(H,12,15)/t7-,11+/m1/s1. The first-order chi connectivity index (χ1) is 8.15. The van der Waals surface area contributed by atoms with Crippen LogP contribution in [0.3, 0.4) is 0 Å². The van der Waals surface area contributed by atoms with E-state index in [1.54, 1.807) is 42.0 Å². The Morgan fingerprint density at radius 3 is 3.00 bits per heavy atom. The second kappa shape index (κ2) is 5.10. The molecule has 0 radical (unpaired) electrons. The lowest BCUT2D eigenvalue weighted by atomic mass is 10.2. The van der Waals surface area contributed by atoms with Crippen LogP contribution < -0.4 is 5.32 Å². The van der Waals surface area contributed by atoms with Crippen LogP contribution in [0.4, 0.5) is 0 Å². The van der Waals surface area contributed by atoms with Crippen molar-refractivity contribution in [2.24, 2.45) is 0 Å². The third-order valence-corrected chi connectivity index (χ3v) is 4.71. The van der Waals surface area contributed by atoms with Gasteiger partial charge < -0.3 is 10.2 Å². The molecule has 0 unspecified atom stereocenters. The maximum atomic E-state index is 11.9. The number of carbonyl (C=O) groups excluding carboxylic acids is 2. The number of carbonyl (C=O) groups is 2. The molecule has 0 spiro atoms. The fourth-order valence-electron chi connectivity index (χ4n) is 1.86. The minimum Gasteiger partial charge on any atom is -0.357 e. The van der Waals surface area contributed by atoms with E-state index < -0.39 is 6.04 Å². The van der Waals surface area contributed by atoms with Gasteiger partial charge in [-0.2, -0.15) is 11.3 Å². The number of nitrogens with zero attached hydrogens (tertiary/aromatic N) is 1. The Labute approximate surface area is 108 Å². The van der Waals surface area contributed by atoms with Gasteiger partial charge in [0.05, 0.1) is 5.75 Å². The summed E-state index contributed by atoms with van der Waals surface area (Å²) in [5, 5.41) is 6.58. The van der Waals surface area contributed by atoms with Gasteiger partial charge in [-0.05, 0) is 29.3 Å². The van der Waals surface area contributed by atoms with Gasteiger partial charge in [-0.3, -0.25) is 9.59 Å². The highest BCUT2D eigenvalue weighted by Crippen LogP contribution is 2.40. The number of hydrogen-bond acceptors (Lipinski definition) is 4. The molecule has 92 valence electrons. The molecule has 1 aliphatic heterocycles. The lowest BCUT2D eigenvalue weighted by molar-refractivity contribution is -0.137. The van der Waals surface area contributed by atoms with Crippen molar-refractivity contribution < 1.29 is 9.59 Å². The first-order valence-corrected chi connectivity index (χ1v) is 7.30. The van der Waals surface area contributed by atoms with Gasteiger partial charge in [0.2, 0.25) is 11.8 Å². The summed E-state index contributed by atoms with van der Waals surface area (Å²) in [5.41, 5.74) is 1.10. The van der Waals surface area contributed by atoms with Crippen molar-refractivity contribution >= 4 is 34.9 Å². The van der Waals surface area contributed by atoms with E-state index in [-0.39, 0.29) is 17.2 Å². The average molecular weight is 270 g/mol. The normalized spacial score (nSPS) is 21.6. The number of likely N-dealkylation sites (N-methyl/N-ethyl adjacent to an activating group) is 1. The molecule has 1 N–H and O–H groups in total. The molecule has 1 aromatic heterocycles. The second-order valence-corrected chi connectivity index (χ2v) is 5.66. The van der Waals surface area contributed by atoms with Crippen LogP contribution in [0.1, 0.15) is 17.9 Å². The number of thioether (sulfide) groups is 1. The fraction of sp³-hybridized carbons (Fsp3) is 0.455. The number of amides is 2. The van der Waals surface area contributed by atoms with E-state index in [1.807, 2.05) is 16.8 Å². The Hall–Kier alpha value is -1.01. The van der Waals surface area contributed by atoms with Crippen molar-refractivity contribution in [3.63, 3.8) is 0 Å². The quantitative estimate of drug-likeness (QED) is 0.904. The molecule has 0 aliphatic carbocycles. The fourth-order valence-corrected chi connectivity index (χ4v) is 3.88. The minimum absolute atomic E-state index is 0.0268. The molecular weight excluding hydrogens is 256 g/mol. The average Bonchev–Trinajstić information content (AvgIpc) is 2.95. The topological polar surface area (TPSA) is 49.4 Å². The van der Waals surface area contributed by atoms with Crippen LogP contribution in [0.5, 0.6) is 0 Å². The summed E-state index contributed by atoms with van der Waals surface area (Å²) in [4.78, 5) is 25.2. The molecular formula is C11H14N2O2S2. The SMILES string of the molecule is CNC(=O)[C@@H](C)N1C(=O)CS[C@H]1c1ccsc1. The van der Waals surface area contributed by atoms with Crippen molar-refractivity contribution in [1.29, 1.82) is 0 Å². The highest BCUT2D eigenvalue weighted by atomic mass is 32.2. The summed E-state index contributed by atoms with van der Waals surface area (Å²) in [6.07, 6.45) is 0. The summed E-state index contributed by atoms with van der Waals surface area (Å²) in [6, 6.07) is 1.58. The summed E-state index contributed by atoms with van der Waals surface area (Å²) < 4.78 is 0. The van der Waals surface area contributed by atoms with E-state index in [9.17, 15) is 9.59 Å². The van der Waals surface area contributed by atoms with Crippen LogP contribution in [0.2, 0.25) is 0 Å². The smallest absolute Gasteiger partial charge is 0.242 e. The van der Waals surface area contributed by atoms with E-state index in [2.05, 4.69) is 5.32 Å². The van der Waals surface area contributed by atoms with Crippen molar-refractivity contribution in [3.05, 3.63) is 22.4 Å². The highest BCUT2D eigenvalue weighted by molar-refractivity contribution is 8.00. The molecule has 1 saturated heterocycles. The summed E-state index contributed by atoms with van der Waals surface area (Å²) in [5.74, 6) is 0.352. The monoisotopic (exact) mass is 270 g/mol. The maximum absolute atomic E-state index is 11.9. The first kappa shape index (κ1) is 12.4. The van der Waals surface area contributed by atoms with Gasteiger partial charge in [-0.1, -0.05) is 0 Å². The van der Waals surface area contributed by atoms with Gasteiger partial charge in [-0.25, -0.2) is 0 Å². The first-order valence-electron chi connectivity index (χ1n) is 5.31. The molecule has 1 fully saturated rings. The van der Waals surface area contributed by atoms with Gasteiger partial charge in [0.15, 0.2) is 0 Å². The maximum Gasteiger partial charge on any atom is 0.242 e. The van der Waals surface area contributed by atoms with Crippen molar-refractivity contribution in [2.75, 3.05) is 12.8 Å². The van der Waals surface area contributed by atoms with Crippen LogP contribution >= 0.6 is 23.1 Å². The third kappa shape index (κ3) is 2.32. The summed E-state index contributed by atoms with van der Waals surface area (Å²) >= 11 is 3.18. The molecule has 2 rings (SSSR count). The number of thiophene rings is 1. The lowest BCUT2D eigenvalue weighted by Gasteiger charge is -2.28. The Morgan fingerprint density at radius 2 is 2.41 bits per heavy atom. The third-order valence-electron chi connectivity index (χ3n) is 2.78.